The maximum Gasteiger partial charge on any atom is -1.00 e. The van der Waals surface area contributed by atoms with E-state index in [0.29, 0.717) is 0 Å². The van der Waals surface area contributed by atoms with Gasteiger partial charge in [0.15, 0.2) is 0 Å². The molecule has 4 heteroatoms. The fourth-order valence-corrected chi connectivity index (χ4v) is 7.94. The summed E-state index contributed by atoms with van der Waals surface area (Å²) in [5, 5.41) is 1.55. The first-order chi connectivity index (χ1) is 14.9. The summed E-state index contributed by atoms with van der Waals surface area (Å²) in [4.78, 5) is 1.63. The van der Waals surface area contributed by atoms with Crippen LogP contribution in [0.25, 0.3) is 20.0 Å². The normalized spacial score (nSPS) is 14.6. The molecule has 0 fully saturated rings. The van der Waals surface area contributed by atoms with Gasteiger partial charge in [0.1, 0.15) is 0 Å². The van der Waals surface area contributed by atoms with Crippen molar-refractivity contribution in [2.45, 2.75) is 85.2 Å². The van der Waals surface area contributed by atoms with Crippen molar-refractivity contribution < 1.29 is 49.5 Å². The van der Waals surface area contributed by atoms with Gasteiger partial charge in [0.05, 0.1) is 0 Å². The molecule has 0 radical (unpaired) electrons. The third kappa shape index (κ3) is 5.00. The summed E-state index contributed by atoms with van der Waals surface area (Å²) in [6.07, 6.45) is 6.95. The molecule has 2 aliphatic rings. The third-order valence-electron chi connectivity index (χ3n) is 7.02. The van der Waals surface area contributed by atoms with Crippen molar-refractivity contribution in [3.8, 4) is 11.1 Å². The molecule has 0 amide bonds. The second-order valence-corrected chi connectivity index (χ2v) is 15.5. The van der Waals surface area contributed by atoms with Crippen LogP contribution in [-0.4, -0.2) is 8.41 Å². The summed E-state index contributed by atoms with van der Waals surface area (Å²) in [5.74, 6) is 0. The molecule has 2 aliphatic carbocycles. The van der Waals surface area contributed by atoms with Gasteiger partial charge in [0.25, 0.3) is 0 Å². The van der Waals surface area contributed by atoms with Gasteiger partial charge in [0, 0.05) is 0 Å². The Labute approximate surface area is 235 Å². The zero-order valence-corrected chi connectivity index (χ0v) is 27.1. The molecule has 0 spiro atoms. The summed E-state index contributed by atoms with van der Waals surface area (Å²) in [6.45, 7) is 21.5. The zero-order valence-electron chi connectivity index (χ0n) is 22.1. The average Bonchev–Trinajstić information content (AvgIpc) is 3.28. The monoisotopic (exact) mass is 585 g/mol. The quantitative estimate of drug-likeness (QED) is 0.470. The number of rotatable bonds is 2. The van der Waals surface area contributed by atoms with E-state index < -0.39 is 8.41 Å². The van der Waals surface area contributed by atoms with E-state index in [-0.39, 0.29) is 35.6 Å². The van der Waals surface area contributed by atoms with E-state index in [1.54, 1.807) is 30.0 Å². The molecule has 0 unspecified atom stereocenters. The van der Waals surface area contributed by atoms with Gasteiger partial charge in [-0.15, -0.1) is 0 Å². The Morgan fingerprint density at radius 3 is 2.06 bits per heavy atom. The zero-order chi connectivity index (χ0) is 23.6. The van der Waals surface area contributed by atoms with Crippen molar-refractivity contribution in [1.29, 1.82) is 0 Å². The van der Waals surface area contributed by atoms with Crippen LogP contribution in [0, 0.1) is 4.81 Å². The van der Waals surface area contributed by atoms with Gasteiger partial charge in [-0.1, -0.05) is 0 Å². The molecule has 0 N–H and O–H groups in total. The van der Waals surface area contributed by atoms with E-state index in [4.69, 9.17) is 0 Å². The molecule has 0 bridgehead atoms. The van der Waals surface area contributed by atoms with Gasteiger partial charge in [-0.25, -0.2) is 0 Å². The van der Waals surface area contributed by atoms with Crippen LogP contribution in [-0.2, 0) is 35.5 Å². The van der Waals surface area contributed by atoms with Crippen molar-refractivity contribution in [2.75, 3.05) is 0 Å². The molecule has 179 valence electrons. The molecule has 0 aromatic heterocycles. The molecule has 34 heavy (non-hydrogen) atoms. The summed E-state index contributed by atoms with van der Waals surface area (Å²) in [6, 6.07) is 9.86. The average molecular weight is 588 g/mol. The van der Waals surface area contributed by atoms with Crippen LogP contribution >= 0.6 is 0 Å². The summed E-state index contributed by atoms with van der Waals surface area (Å²) in [7, 11) is -0.615. The molecular weight excluding hydrogens is 551 g/mol. The van der Waals surface area contributed by atoms with Gasteiger partial charge < -0.3 is 24.8 Å². The maximum absolute atomic E-state index is 2.59. The summed E-state index contributed by atoms with van der Waals surface area (Å²) in [5.41, 5.74) is 12.5. The molecule has 4 rings (SSSR count). The topological polar surface area (TPSA) is 0 Å². The second kappa shape index (κ2) is 10.5. The Hall–Kier alpha value is -0.530. The van der Waals surface area contributed by atoms with Crippen molar-refractivity contribution in [1.82, 2.24) is 0 Å². The van der Waals surface area contributed by atoms with E-state index in [1.165, 1.54) is 52.5 Å². The molecular formula is C30H37Cl2SiZr. The molecule has 0 aliphatic heterocycles. The van der Waals surface area contributed by atoms with E-state index >= 15 is 0 Å². The van der Waals surface area contributed by atoms with E-state index in [0.717, 1.165) is 12.8 Å². The largest absolute Gasteiger partial charge is 1.00 e. The van der Waals surface area contributed by atoms with Gasteiger partial charge in [-0.2, -0.15) is 0 Å². The van der Waals surface area contributed by atoms with Gasteiger partial charge in [-0.3, -0.25) is 0 Å². The number of fused-ring (bicyclic) bond motifs is 3. The minimum atomic E-state index is -0.615. The molecule has 2 aromatic rings. The minimum absolute atomic E-state index is 0. The second-order valence-electron chi connectivity index (χ2n) is 11.7. The molecule has 0 saturated heterocycles. The Balaban J connectivity index is 0.00000204. The van der Waals surface area contributed by atoms with Crippen molar-refractivity contribution in [3.63, 3.8) is 0 Å². The van der Waals surface area contributed by atoms with Gasteiger partial charge >= 0.3 is 213 Å². The molecule has 2 aromatic carbocycles. The predicted octanol–water partition coefficient (Wildman–Crippen LogP) is 1.68. The molecule has 0 nitrogen and oxygen atoms in total. The Kier molecular flexibility index (Phi) is 9.13. The van der Waals surface area contributed by atoms with Crippen LogP contribution in [0.4, 0.5) is 0 Å². The van der Waals surface area contributed by atoms with Crippen LogP contribution in [0.3, 0.4) is 0 Å². The number of allylic oxidation sites excluding steroid dienone is 4. The van der Waals surface area contributed by atoms with Crippen LogP contribution in [0.2, 0.25) is 13.1 Å². The van der Waals surface area contributed by atoms with E-state index in [9.17, 15) is 0 Å². The SMILES string of the molecule is CCC1=C(c2c(C(C)(C)C)c(=[Si](C)C)cc3c2=[C]([Zr+2])c2cc(C(C)(C)C)ccc2-3)CC=C1.[Cl-].[Cl-]. The summed E-state index contributed by atoms with van der Waals surface area (Å²) >= 11 is 1.52. The predicted molar refractivity (Wildman–Crippen MR) is 139 cm³/mol. The fourth-order valence-electron chi connectivity index (χ4n) is 5.36. The smallest absolute Gasteiger partial charge is 1.00 e. The van der Waals surface area contributed by atoms with Crippen molar-refractivity contribution in [3.05, 3.63) is 74.3 Å². The fraction of sp³-hybridized carbons (Fsp3) is 0.433. The maximum atomic E-state index is 2.59. The first kappa shape index (κ1) is 29.7. The van der Waals surface area contributed by atoms with Crippen LogP contribution in [0.1, 0.15) is 83.6 Å². The van der Waals surface area contributed by atoms with Gasteiger partial charge in [-0.05, 0) is 0 Å². The molecule has 0 heterocycles. The van der Waals surface area contributed by atoms with Crippen molar-refractivity contribution >= 4 is 17.3 Å². The minimum Gasteiger partial charge on any atom is -1.00 e. The number of hydrogen-bond acceptors (Lipinski definition) is 0. The standard InChI is InChI=1S/C30H37Si.2ClH.Zr/c1-10-19-12-11-13-23(19)27-25-17-20-16-21(29(2,3)4)14-15-22(20)24(25)18-26(31(8)9)28(27)30(5,6)7;;;/h11-12,14-16,18H,10,13H2,1-9H3;2*1H;/q;;;+2/p-2. The molecule has 0 atom stereocenters. The Bertz CT molecular complexity index is 1310. The Morgan fingerprint density at radius 2 is 1.53 bits per heavy atom. The first-order valence-corrected chi connectivity index (χ1v) is 15.7. The van der Waals surface area contributed by atoms with Crippen LogP contribution in [0.15, 0.2) is 42.0 Å². The third-order valence-corrected chi connectivity index (χ3v) is 9.77. The van der Waals surface area contributed by atoms with E-state index in [1.807, 2.05) is 0 Å². The van der Waals surface area contributed by atoms with E-state index in [2.05, 4.69) is 98.0 Å². The van der Waals surface area contributed by atoms with Crippen LogP contribution in [0.5, 0.6) is 0 Å². The Morgan fingerprint density at radius 1 is 0.882 bits per heavy atom. The number of halogens is 2. The van der Waals surface area contributed by atoms with Crippen LogP contribution < -0.4 is 30.0 Å². The molecule has 0 saturated carbocycles. The number of hydrogen-bond donors (Lipinski definition) is 0. The summed E-state index contributed by atoms with van der Waals surface area (Å²) < 4.78 is 1.55. The first-order valence-electron chi connectivity index (χ1n) is 12.0. The number of benzene rings is 2. The van der Waals surface area contributed by atoms with Gasteiger partial charge in [0.2, 0.25) is 0 Å². The van der Waals surface area contributed by atoms with Crippen molar-refractivity contribution in [2.24, 2.45) is 0 Å².